The first-order valence-electron chi connectivity index (χ1n) is 8.94. The van der Waals surface area contributed by atoms with Crippen molar-refractivity contribution in [2.24, 2.45) is 0 Å². The molecule has 0 bridgehead atoms. The maximum absolute atomic E-state index is 12.3. The Bertz CT molecular complexity index is 1300. The number of H-pyrrole nitrogens is 1. The number of nitrogens with one attached hydrogen (secondary N) is 1. The smallest absolute Gasteiger partial charge is 0.329 e. The lowest BCUT2D eigenvalue weighted by Crippen LogP contribution is -2.32. The van der Waals surface area contributed by atoms with E-state index in [1.807, 2.05) is 12.1 Å². The second kappa shape index (κ2) is 6.19. The molecule has 0 aliphatic heterocycles. The van der Waals surface area contributed by atoms with Crippen LogP contribution < -0.4 is 16.0 Å². The fourth-order valence-corrected chi connectivity index (χ4v) is 3.32. The predicted molar refractivity (Wildman–Crippen MR) is 102 cm³/mol. The summed E-state index contributed by atoms with van der Waals surface area (Å²) in [5.41, 5.74) is 1.70. The van der Waals surface area contributed by atoms with Crippen molar-refractivity contribution in [2.45, 2.75) is 25.8 Å². The molecule has 1 aliphatic carbocycles. The van der Waals surface area contributed by atoms with Gasteiger partial charge in [-0.2, -0.15) is 0 Å². The summed E-state index contributed by atoms with van der Waals surface area (Å²) in [6.45, 7) is 1.73. The molecule has 0 amide bonds. The van der Waals surface area contributed by atoms with Gasteiger partial charge in [-0.05, 0) is 55.7 Å². The van der Waals surface area contributed by atoms with Crippen LogP contribution in [0, 0.1) is 6.92 Å². The lowest BCUT2D eigenvalue weighted by Gasteiger charge is -2.14. The van der Waals surface area contributed by atoms with Crippen LogP contribution in [0.5, 0.6) is 11.6 Å². The molecule has 1 saturated carbocycles. The zero-order chi connectivity index (χ0) is 19.3. The van der Waals surface area contributed by atoms with E-state index in [0.29, 0.717) is 34.0 Å². The second-order valence-corrected chi connectivity index (χ2v) is 6.78. The Morgan fingerprint density at radius 1 is 1.14 bits per heavy atom. The van der Waals surface area contributed by atoms with E-state index in [1.54, 1.807) is 29.7 Å². The van der Waals surface area contributed by atoms with Crippen LogP contribution in [-0.4, -0.2) is 19.5 Å². The first-order chi connectivity index (χ1) is 13.6. The molecule has 3 aromatic heterocycles. The van der Waals surface area contributed by atoms with Gasteiger partial charge < -0.3 is 9.15 Å². The molecule has 3 heterocycles. The molecule has 1 N–H and O–H groups in total. The van der Waals surface area contributed by atoms with Gasteiger partial charge in [0, 0.05) is 11.6 Å². The predicted octanol–water partition coefficient (Wildman–Crippen LogP) is 3.18. The van der Waals surface area contributed by atoms with Crippen molar-refractivity contribution in [3.05, 3.63) is 69.3 Å². The molecule has 0 saturated heterocycles. The third-order valence-corrected chi connectivity index (χ3v) is 4.86. The van der Waals surface area contributed by atoms with Crippen LogP contribution in [-0.2, 0) is 0 Å². The molecular formula is C20H16N4O4. The normalized spacial score (nSPS) is 13.8. The van der Waals surface area contributed by atoms with Crippen molar-refractivity contribution in [2.75, 3.05) is 0 Å². The van der Waals surface area contributed by atoms with Crippen LogP contribution >= 0.6 is 0 Å². The van der Waals surface area contributed by atoms with Gasteiger partial charge in [-0.1, -0.05) is 0 Å². The van der Waals surface area contributed by atoms with Gasteiger partial charge in [0.1, 0.15) is 17.5 Å². The number of ether oxygens (including phenoxy) is 1. The van der Waals surface area contributed by atoms with Gasteiger partial charge in [-0.15, -0.1) is 0 Å². The molecule has 8 nitrogen and oxygen atoms in total. The Hall–Kier alpha value is -3.68. The molecule has 28 heavy (non-hydrogen) atoms. The van der Waals surface area contributed by atoms with E-state index in [9.17, 15) is 9.59 Å². The average molecular weight is 376 g/mol. The maximum atomic E-state index is 12.3. The molecular weight excluding hydrogens is 360 g/mol. The van der Waals surface area contributed by atoms with Gasteiger partial charge >= 0.3 is 5.69 Å². The van der Waals surface area contributed by atoms with Crippen LogP contribution in [0.4, 0.5) is 0 Å². The summed E-state index contributed by atoms with van der Waals surface area (Å²) in [5.74, 6) is 0.974. The first kappa shape index (κ1) is 16.5. The Balaban J connectivity index is 1.54. The topological polar surface area (TPSA) is 103 Å². The lowest BCUT2D eigenvalue weighted by molar-refractivity contribution is 0.467. The lowest BCUT2D eigenvalue weighted by atomic mass is 10.1. The van der Waals surface area contributed by atoms with Crippen LogP contribution in [0.3, 0.4) is 0 Å². The number of nitrogens with zero attached hydrogens (tertiary/aromatic N) is 3. The van der Waals surface area contributed by atoms with Gasteiger partial charge in [0.2, 0.25) is 11.6 Å². The molecule has 140 valence electrons. The number of fused-ring (bicyclic) bond motifs is 1. The van der Waals surface area contributed by atoms with Gasteiger partial charge in [0.05, 0.1) is 12.0 Å². The van der Waals surface area contributed by atoms with Gasteiger partial charge in [0.25, 0.3) is 5.56 Å². The van der Waals surface area contributed by atoms with Crippen molar-refractivity contribution in [1.82, 2.24) is 19.5 Å². The van der Waals surface area contributed by atoms with Gasteiger partial charge in [-0.3, -0.25) is 14.3 Å². The highest BCUT2D eigenvalue weighted by atomic mass is 16.5. The number of hydrogen-bond acceptors (Lipinski definition) is 6. The van der Waals surface area contributed by atoms with Crippen molar-refractivity contribution in [3.63, 3.8) is 0 Å². The summed E-state index contributed by atoms with van der Waals surface area (Å²) < 4.78 is 12.8. The Kier molecular flexibility index (Phi) is 3.65. The molecule has 0 radical (unpaired) electrons. The minimum Gasteiger partial charge on any atom is -0.446 e. The van der Waals surface area contributed by atoms with Crippen LogP contribution in [0.15, 0.2) is 56.9 Å². The SMILES string of the molecule is Cc1c(-c2ccc(Oc3ncnc4occc34)cc2)n(C2CC2)c(=O)[nH]c1=O. The van der Waals surface area contributed by atoms with Gasteiger partial charge in [-0.25, -0.2) is 14.8 Å². The maximum Gasteiger partial charge on any atom is 0.329 e. The molecule has 8 heteroatoms. The van der Waals surface area contributed by atoms with Crippen LogP contribution in [0.1, 0.15) is 24.4 Å². The van der Waals surface area contributed by atoms with E-state index >= 15 is 0 Å². The van der Waals surface area contributed by atoms with E-state index in [2.05, 4.69) is 15.0 Å². The summed E-state index contributed by atoms with van der Waals surface area (Å²) in [6, 6.07) is 9.13. The van der Waals surface area contributed by atoms with Crippen molar-refractivity contribution in [1.29, 1.82) is 0 Å². The standard InChI is InChI=1S/C20H16N4O4/c1-11-16(24(13-4-5-13)20(26)23-17(11)25)12-2-6-14(7-3-12)28-19-15-8-9-27-18(15)21-10-22-19/h2-3,6-10,13H,4-5H2,1H3,(H,23,25,26). The fraction of sp³-hybridized carbons (Fsp3) is 0.200. The highest BCUT2D eigenvalue weighted by Gasteiger charge is 2.29. The zero-order valence-electron chi connectivity index (χ0n) is 15.0. The third kappa shape index (κ3) is 2.70. The Labute approximate surface area is 158 Å². The number of benzene rings is 1. The molecule has 0 atom stereocenters. The third-order valence-electron chi connectivity index (χ3n) is 4.86. The summed E-state index contributed by atoms with van der Waals surface area (Å²) in [5, 5.41) is 0.680. The summed E-state index contributed by atoms with van der Waals surface area (Å²) in [4.78, 5) is 35.0. The second-order valence-electron chi connectivity index (χ2n) is 6.78. The molecule has 1 aromatic carbocycles. The first-order valence-corrected chi connectivity index (χ1v) is 8.94. The van der Waals surface area contributed by atoms with E-state index in [-0.39, 0.29) is 17.3 Å². The van der Waals surface area contributed by atoms with Crippen molar-refractivity contribution >= 4 is 11.1 Å². The summed E-state index contributed by atoms with van der Waals surface area (Å²) in [7, 11) is 0. The summed E-state index contributed by atoms with van der Waals surface area (Å²) in [6.07, 6.45) is 4.79. The van der Waals surface area contributed by atoms with E-state index in [4.69, 9.17) is 9.15 Å². The van der Waals surface area contributed by atoms with E-state index < -0.39 is 0 Å². The molecule has 5 rings (SSSR count). The molecule has 0 unspecified atom stereocenters. The molecule has 4 aromatic rings. The highest BCUT2D eigenvalue weighted by Crippen LogP contribution is 2.37. The highest BCUT2D eigenvalue weighted by molar-refractivity contribution is 5.78. The van der Waals surface area contributed by atoms with Crippen LogP contribution in [0.25, 0.3) is 22.4 Å². The largest absolute Gasteiger partial charge is 0.446 e. The Morgan fingerprint density at radius 2 is 1.93 bits per heavy atom. The monoisotopic (exact) mass is 376 g/mol. The van der Waals surface area contributed by atoms with E-state index in [0.717, 1.165) is 18.4 Å². The fourth-order valence-electron chi connectivity index (χ4n) is 3.32. The van der Waals surface area contributed by atoms with Crippen LogP contribution in [0.2, 0.25) is 0 Å². The van der Waals surface area contributed by atoms with Crippen molar-refractivity contribution < 1.29 is 9.15 Å². The minimum atomic E-state index is -0.364. The number of rotatable bonds is 4. The van der Waals surface area contributed by atoms with Gasteiger partial charge in [0.15, 0.2) is 0 Å². The van der Waals surface area contributed by atoms with E-state index in [1.165, 1.54) is 12.6 Å². The number of aromatic nitrogens is 4. The molecule has 1 fully saturated rings. The minimum absolute atomic E-state index is 0.143. The average Bonchev–Trinajstić information content (AvgIpc) is 3.41. The molecule has 1 aliphatic rings. The summed E-state index contributed by atoms with van der Waals surface area (Å²) >= 11 is 0. The van der Waals surface area contributed by atoms with Crippen molar-refractivity contribution in [3.8, 4) is 22.9 Å². The quantitative estimate of drug-likeness (QED) is 0.587. The molecule has 0 spiro atoms. The Morgan fingerprint density at radius 3 is 2.68 bits per heavy atom. The number of hydrogen-bond donors (Lipinski definition) is 1. The zero-order valence-corrected chi connectivity index (χ0v) is 15.0. The number of aromatic amines is 1. The number of furan rings is 1.